The molecule has 1 aliphatic carbocycles. The van der Waals surface area contributed by atoms with E-state index in [-0.39, 0.29) is 0 Å². The van der Waals surface area contributed by atoms with Crippen LogP contribution in [0.3, 0.4) is 0 Å². The van der Waals surface area contributed by atoms with Crippen molar-refractivity contribution in [3.8, 4) is 0 Å². The molecule has 1 fully saturated rings. The Bertz CT molecular complexity index is 538. The number of nitrogens with one attached hydrogen (secondary N) is 1. The van der Waals surface area contributed by atoms with E-state index in [0.717, 1.165) is 11.1 Å². The van der Waals surface area contributed by atoms with Crippen LogP contribution in [0.4, 0.5) is 0 Å². The van der Waals surface area contributed by atoms with E-state index in [2.05, 4.69) is 20.4 Å². The smallest absolute Gasteiger partial charge is 0.194 e. The number of rotatable bonds is 3. The Morgan fingerprint density at radius 2 is 2.17 bits per heavy atom. The standard InChI is InChI=1S/C7H11N3S.C3H5N3S/c1-10-5-8-9-7(10)11-4-6-2-3-6;1-6-2-4-5-3(6)7/h5-6H,2-4H2,1H3;2H,1H3,(H,5,7). The molecular formula is C10H16N6S2. The Labute approximate surface area is 115 Å². The Hall–Kier alpha value is -1.15. The van der Waals surface area contributed by atoms with Gasteiger partial charge in [-0.15, -0.1) is 10.2 Å². The maximum Gasteiger partial charge on any atom is 0.194 e. The zero-order chi connectivity index (χ0) is 13.0. The van der Waals surface area contributed by atoms with Gasteiger partial charge < -0.3 is 9.13 Å². The van der Waals surface area contributed by atoms with Crippen molar-refractivity contribution < 1.29 is 0 Å². The van der Waals surface area contributed by atoms with Crippen molar-refractivity contribution in [3.63, 3.8) is 0 Å². The number of thioether (sulfide) groups is 1. The summed E-state index contributed by atoms with van der Waals surface area (Å²) in [5, 5.41) is 15.1. The van der Waals surface area contributed by atoms with Crippen molar-refractivity contribution >= 4 is 24.0 Å². The van der Waals surface area contributed by atoms with Gasteiger partial charge >= 0.3 is 0 Å². The molecule has 0 bridgehead atoms. The molecule has 2 aromatic heterocycles. The normalized spacial score (nSPS) is 14.1. The lowest BCUT2D eigenvalue weighted by Gasteiger charge is -1.96. The highest BCUT2D eigenvalue weighted by molar-refractivity contribution is 7.99. The topological polar surface area (TPSA) is 64.3 Å². The summed E-state index contributed by atoms with van der Waals surface area (Å²) in [6.45, 7) is 0. The molecule has 0 aliphatic heterocycles. The van der Waals surface area contributed by atoms with Crippen LogP contribution < -0.4 is 0 Å². The summed E-state index contributed by atoms with van der Waals surface area (Å²) in [4.78, 5) is 0. The maximum absolute atomic E-state index is 4.73. The van der Waals surface area contributed by atoms with Crippen molar-refractivity contribution in [1.82, 2.24) is 29.5 Å². The van der Waals surface area contributed by atoms with Gasteiger partial charge in [0.05, 0.1) is 0 Å². The molecule has 0 amide bonds. The molecule has 1 N–H and O–H groups in total. The van der Waals surface area contributed by atoms with Gasteiger partial charge in [0.2, 0.25) is 0 Å². The number of hydrogen-bond acceptors (Lipinski definition) is 5. The minimum absolute atomic E-state index is 0.653. The Morgan fingerprint density at radius 3 is 2.56 bits per heavy atom. The van der Waals surface area contributed by atoms with Crippen LogP contribution in [-0.2, 0) is 14.1 Å². The van der Waals surface area contributed by atoms with Crippen LogP contribution in [0.25, 0.3) is 0 Å². The van der Waals surface area contributed by atoms with E-state index in [1.165, 1.54) is 18.6 Å². The minimum Gasteiger partial charge on any atom is -0.312 e. The fourth-order valence-electron chi connectivity index (χ4n) is 1.18. The van der Waals surface area contributed by atoms with Gasteiger partial charge in [0.15, 0.2) is 9.93 Å². The second-order valence-corrected chi connectivity index (χ2v) is 5.63. The Balaban J connectivity index is 0.000000149. The lowest BCUT2D eigenvalue weighted by Crippen LogP contribution is -1.90. The summed E-state index contributed by atoms with van der Waals surface area (Å²) >= 11 is 6.55. The lowest BCUT2D eigenvalue weighted by atomic mass is 10.5. The van der Waals surface area contributed by atoms with Crippen LogP contribution in [0.2, 0.25) is 0 Å². The monoisotopic (exact) mass is 284 g/mol. The van der Waals surface area contributed by atoms with Gasteiger partial charge in [-0.1, -0.05) is 11.8 Å². The number of aryl methyl sites for hydroxylation is 2. The highest BCUT2D eigenvalue weighted by atomic mass is 32.2. The van der Waals surface area contributed by atoms with E-state index in [0.29, 0.717) is 4.77 Å². The number of nitrogens with zero attached hydrogens (tertiary/aromatic N) is 5. The van der Waals surface area contributed by atoms with Gasteiger partial charge in [0, 0.05) is 19.8 Å². The molecule has 0 aromatic carbocycles. The molecule has 1 aliphatic rings. The molecule has 8 heteroatoms. The SMILES string of the molecule is Cn1cn[nH]c1=S.Cn1cnnc1SCC1CC1. The van der Waals surface area contributed by atoms with E-state index in [1.54, 1.807) is 17.2 Å². The average Bonchev–Trinajstić information content (AvgIpc) is 2.99. The Kier molecular flexibility index (Phi) is 4.54. The fraction of sp³-hybridized carbons (Fsp3) is 0.600. The van der Waals surface area contributed by atoms with Gasteiger partial charge in [-0.3, -0.25) is 5.10 Å². The summed E-state index contributed by atoms with van der Waals surface area (Å²) in [6.07, 6.45) is 6.19. The van der Waals surface area contributed by atoms with Crippen LogP contribution in [0.15, 0.2) is 17.8 Å². The van der Waals surface area contributed by atoms with E-state index in [9.17, 15) is 0 Å². The third kappa shape index (κ3) is 3.95. The molecule has 6 nitrogen and oxygen atoms in total. The van der Waals surface area contributed by atoms with Crippen molar-refractivity contribution in [2.45, 2.75) is 18.0 Å². The predicted molar refractivity (Wildman–Crippen MR) is 72.8 cm³/mol. The van der Waals surface area contributed by atoms with Crippen LogP contribution in [0.1, 0.15) is 12.8 Å². The molecular weight excluding hydrogens is 268 g/mol. The molecule has 1 saturated carbocycles. The second-order valence-electron chi connectivity index (χ2n) is 4.25. The van der Waals surface area contributed by atoms with Gasteiger partial charge in [-0.05, 0) is 31.0 Å². The number of H-pyrrole nitrogens is 1. The highest BCUT2D eigenvalue weighted by Crippen LogP contribution is 2.34. The third-order valence-corrected chi connectivity index (χ3v) is 4.17. The second kappa shape index (κ2) is 6.14. The first-order valence-electron chi connectivity index (χ1n) is 5.69. The molecule has 2 heterocycles. The summed E-state index contributed by atoms with van der Waals surface area (Å²) in [5.74, 6) is 2.17. The summed E-state index contributed by atoms with van der Waals surface area (Å²) in [5.41, 5.74) is 0. The van der Waals surface area contributed by atoms with E-state index in [1.807, 2.05) is 30.4 Å². The highest BCUT2D eigenvalue weighted by Gasteiger charge is 2.21. The van der Waals surface area contributed by atoms with Crippen LogP contribution >= 0.6 is 24.0 Å². The quantitative estimate of drug-likeness (QED) is 0.688. The summed E-state index contributed by atoms with van der Waals surface area (Å²) < 4.78 is 4.35. The largest absolute Gasteiger partial charge is 0.312 e. The molecule has 0 unspecified atom stereocenters. The van der Waals surface area contributed by atoms with Gasteiger partial charge in [-0.25, -0.2) is 0 Å². The minimum atomic E-state index is 0.653. The molecule has 0 saturated heterocycles. The van der Waals surface area contributed by atoms with Gasteiger partial charge in [-0.2, -0.15) is 5.10 Å². The zero-order valence-corrected chi connectivity index (χ0v) is 12.0. The molecule has 0 atom stereocenters. The first-order chi connectivity index (χ1) is 8.66. The number of hydrogen-bond donors (Lipinski definition) is 1. The van der Waals surface area contributed by atoms with Crippen LogP contribution in [0.5, 0.6) is 0 Å². The zero-order valence-electron chi connectivity index (χ0n) is 10.4. The fourth-order valence-corrected chi connectivity index (χ4v) is 2.36. The van der Waals surface area contributed by atoms with Crippen molar-refractivity contribution in [2.75, 3.05) is 5.75 Å². The van der Waals surface area contributed by atoms with E-state index >= 15 is 0 Å². The average molecular weight is 284 g/mol. The summed E-state index contributed by atoms with van der Waals surface area (Å²) in [7, 11) is 3.82. The van der Waals surface area contributed by atoms with Gasteiger partial charge in [0.1, 0.15) is 12.7 Å². The number of aromatic nitrogens is 6. The molecule has 18 heavy (non-hydrogen) atoms. The first kappa shape index (κ1) is 13.3. The first-order valence-corrected chi connectivity index (χ1v) is 7.09. The van der Waals surface area contributed by atoms with Crippen molar-refractivity contribution in [3.05, 3.63) is 17.4 Å². The molecule has 3 rings (SSSR count). The van der Waals surface area contributed by atoms with Gasteiger partial charge in [0.25, 0.3) is 0 Å². The molecule has 0 radical (unpaired) electrons. The van der Waals surface area contributed by atoms with E-state index in [4.69, 9.17) is 12.2 Å². The predicted octanol–water partition coefficient (Wildman–Crippen LogP) is 1.79. The molecule has 0 spiro atoms. The molecule has 2 aromatic rings. The summed E-state index contributed by atoms with van der Waals surface area (Å²) in [6, 6.07) is 0. The molecule has 98 valence electrons. The Morgan fingerprint density at radius 1 is 1.39 bits per heavy atom. The van der Waals surface area contributed by atoms with E-state index < -0.39 is 0 Å². The van der Waals surface area contributed by atoms with Crippen LogP contribution in [0, 0.1) is 10.7 Å². The maximum atomic E-state index is 4.73. The third-order valence-electron chi connectivity index (χ3n) is 2.53. The lowest BCUT2D eigenvalue weighted by molar-refractivity contribution is 0.786. The van der Waals surface area contributed by atoms with Crippen molar-refractivity contribution in [2.24, 2.45) is 20.0 Å². The van der Waals surface area contributed by atoms with Crippen molar-refractivity contribution in [1.29, 1.82) is 0 Å². The number of aromatic amines is 1. The van der Waals surface area contributed by atoms with Crippen LogP contribution in [-0.4, -0.2) is 35.3 Å².